The molecule has 0 fully saturated rings. The maximum absolute atomic E-state index is 10.3. The van der Waals surface area contributed by atoms with Crippen LogP contribution in [0.3, 0.4) is 0 Å². The molecular formula is C31H36O8. The Morgan fingerprint density at radius 2 is 1.10 bits per heavy atom. The van der Waals surface area contributed by atoms with Crippen LogP contribution in [0.4, 0.5) is 0 Å². The molecule has 1 atom stereocenters. The van der Waals surface area contributed by atoms with Gasteiger partial charge in [0, 0.05) is 35.7 Å². The van der Waals surface area contributed by atoms with Gasteiger partial charge in [0.1, 0.15) is 46.0 Å². The van der Waals surface area contributed by atoms with Crippen molar-refractivity contribution in [3.8, 4) is 46.0 Å². The molecule has 39 heavy (non-hydrogen) atoms. The fraction of sp³-hybridized carbons (Fsp3) is 0.226. The first-order valence-electron chi connectivity index (χ1n) is 12.5. The number of phenols is 7. The SMILES string of the molecule is CCC.Oc1cccc(O)c1.Oc1cccc(OCC(CCc2ccc(O)cc2O)c2ccc(O)cc2O)c1. The maximum Gasteiger partial charge on any atom is 0.123 e. The number of hydrogen-bond acceptors (Lipinski definition) is 8. The van der Waals surface area contributed by atoms with Crippen molar-refractivity contribution >= 4 is 0 Å². The predicted molar refractivity (Wildman–Crippen MR) is 150 cm³/mol. The van der Waals surface area contributed by atoms with Crippen molar-refractivity contribution in [1.29, 1.82) is 0 Å². The zero-order chi connectivity index (χ0) is 28.8. The van der Waals surface area contributed by atoms with Crippen molar-refractivity contribution in [3.63, 3.8) is 0 Å². The van der Waals surface area contributed by atoms with E-state index in [0.29, 0.717) is 29.7 Å². The molecule has 1 unspecified atom stereocenters. The topological polar surface area (TPSA) is 151 Å². The molecule has 0 aromatic heterocycles. The summed E-state index contributed by atoms with van der Waals surface area (Å²) in [5.41, 5.74) is 1.27. The fourth-order valence-electron chi connectivity index (χ4n) is 3.56. The van der Waals surface area contributed by atoms with Crippen LogP contribution in [0.2, 0.25) is 0 Å². The van der Waals surface area contributed by atoms with E-state index in [-0.39, 0.29) is 52.8 Å². The second-order valence-electron chi connectivity index (χ2n) is 8.83. The van der Waals surface area contributed by atoms with Crippen LogP contribution in [-0.4, -0.2) is 42.4 Å². The van der Waals surface area contributed by atoms with E-state index in [0.717, 1.165) is 0 Å². The van der Waals surface area contributed by atoms with Gasteiger partial charge in [-0.15, -0.1) is 0 Å². The molecule has 4 aromatic carbocycles. The lowest BCUT2D eigenvalue weighted by molar-refractivity contribution is 0.276. The fourth-order valence-corrected chi connectivity index (χ4v) is 3.56. The van der Waals surface area contributed by atoms with Crippen LogP contribution in [-0.2, 0) is 6.42 Å². The third-order valence-corrected chi connectivity index (χ3v) is 5.38. The minimum absolute atomic E-state index is 0.00239. The van der Waals surface area contributed by atoms with Gasteiger partial charge in [-0.25, -0.2) is 0 Å². The molecule has 8 nitrogen and oxygen atoms in total. The molecule has 7 N–H and O–H groups in total. The van der Waals surface area contributed by atoms with Crippen molar-refractivity contribution in [3.05, 3.63) is 96.1 Å². The monoisotopic (exact) mass is 536 g/mol. The third-order valence-electron chi connectivity index (χ3n) is 5.38. The standard InChI is InChI=1S/C22H22O6.C6H6O2.C3H8/c23-16-2-1-3-19(10-16)28-13-15(20-9-8-18(25)12-22(20)27)5-4-14-6-7-17(24)11-21(14)26;7-5-2-1-3-6(8)4-5;1-3-2/h1-3,6-12,15,23-27H,4-5,13H2;1-4,7-8H;3H2,1-2H3. The Morgan fingerprint density at radius 3 is 1.62 bits per heavy atom. The van der Waals surface area contributed by atoms with Crippen LogP contribution in [0.5, 0.6) is 46.0 Å². The molecule has 0 aliphatic rings. The predicted octanol–water partition coefficient (Wildman–Crippen LogP) is 6.52. The molecule has 0 aliphatic heterocycles. The minimum atomic E-state index is -0.240. The number of aromatic hydroxyl groups is 7. The molecule has 0 spiro atoms. The highest BCUT2D eigenvalue weighted by molar-refractivity contribution is 5.42. The molecule has 0 aliphatic carbocycles. The quantitative estimate of drug-likeness (QED) is 0.141. The number of ether oxygens (including phenoxy) is 1. The van der Waals surface area contributed by atoms with Gasteiger partial charge in [-0.05, 0) is 54.8 Å². The van der Waals surface area contributed by atoms with Crippen molar-refractivity contribution in [2.45, 2.75) is 39.0 Å². The van der Waals surface area contributed by atoms with Crippen LogP contribution >= 0.6 is 0 Å². The molecule has 4 aromatic rings. The molecule has 8 heteroatoms. The molecule has 0 amide bonds. The van der Waals surface area contributed by atoms with E-state index in [4.69, 9.17) is 14.9 Å². The van der Waals surface area contributed by atoms with Crippen LogP contribution in [0.15, 0.2) is 84.9 Å². The van der Waals surface area contributed by atoms with Gasteiger partial charge in [-0.2, -0.15) is 0 Å². The Morgan fingerprint density at radius 1 is 0.590 bits per heavy atom. The van der Waals surface area contributed by atoms with Crippen LogP contribution < -0.4 is 4.74 Å². The van der Waals surface area contributed by atoms with E-state index in [1.807, 2.05) is 0 Å². The largest absolute Gasteiger partial charge is 0.508 e. The van der Waals surface area contributed by atoms with E-state index in [9.17, 15) is 25.5 Å². The van der Waals surface area contributed by atoms with Gasteiger partial charge in [0.15, 0.2) is 0 Å². The molecule has 0 saturated carbocycles. The summed E-state index contributed by atoms with van der Waals surface area (Å²) in [6.45, 7) is 4.47. The molecule has 208 valence electrons. The average molecular weight is 537 g/mol. The second-order valence-corrected chi connectivity index (χ2v) is 8.83. The van der Waals surface area contributed by atoms with Gasteiger partial charge in [0.2, 0.25) is 0 Å². The first-order chi connectivity index (χ1) is 18.6. The summed E-state index contributed by atoms with van der Waals surface area (Å²) in [5.74, 6) is 0.436. The Bertz CT molecular complexity index is 1290. The molecule has 0 radical (unpaired) electrons. The highest BCUT2D eigenvalue weighted by atomic mass is 16.5. The molecule has 0 heterocycles. The van der Waals surface area contributed by atoms with E-state index in [1.54, 1.807) is 36.4 Å². The Hall–Kier alpha value is -4.72. The van der Waals surface area contributed by atoms with E-state index >= 15 is 0 Å². The summed E-state index contributed by atoms with van der Waals surface area (Å²) in [6.07, 6.45) is 2.27. The van der Waals surface area contributed by atoms with Gasteiger partial charge in [0.25, 0.3) is 0 Å². The normalized spacial score (nSPS) is 10.8. The number of benzene rings is 4. The van der Waals surface area contributed by atoms with Crippen molar-refractivity contribution < 1.29 is 40.5 Å². The van der Waals surface area contributed by atoms with E-state index in [1.165, 1.54) is 55.0 Å². The van der Waals surface area contributed by atoms with Crippen molar-refractivity contribution in [2.75, 3.05) is 6.61 Å². The Labute approximate surface area is 228 Å². The summed E-state index contributed by atoms with van der Waals surface area (Å²) < 4.78 is 5.79. The Balaban J connectivity index is 0.000000405. The van der Waals surface area contributed by atoms with E-state index < -0.39 is 0 Å². The maximum atomic E-state index is 10.3. The first-order valence-corrected chi connectivity index (χ1v) is 12.5. The van der Waals surface area contributed by atoms with Gasteiger partial charge < -0.3 is 40.5 Å². The van der Waals surface area contributed by atoms with Crippen LogP contribution in [0.25, 0.3) is 0 Å². The lowest BCUT2D eigenvalue weighted by atomic mass is 9.92. The summed E-state index contributed by atoms with van der Waals surface area (Å²) in [7, 11) is 0. The first kappa shape index (κ1) is 30.5. The number of rotatable bonds is 7. The summed E-state index contributed by atoms with van der Waals surface area (Å²) >= 11 is 0. The van der Waals surface area contributed by atoms with Gasteiger partial charge in [-0.1, -0.05) is 44.5 Å². The zero-order valence-electron chi connectivity index (χ0n) is 22.0. The molecule has 4 rings (SSSR count). The zero-order valence-corrected chi connectivity index (χ0v) is 22.0. The third kappa shape index (κ3) is 10.7. The Kier molecular flexibility index (Phi) is 12.1. The smallest absolute Gasteiger partial charge is 0.123 e. The summed E-state index contributed by atoms with van der Waals surface area (Å²) in [4.78, 5) is 0. The number of aryl methyl sites for hydroxylation is 1. The number of hydrogen-bond donors (Lipinski definition) is 7. The second kappa shape index (κ2) is 15.5. The molecular weight excluding hydrogens is 500 g/mol. The van der Waals surface area contributed by atoms with E-state index in [2.05, 4.69) is 13.8 Å². The van der Waals surface area contributed by atoms with Gasteiger partial charge in [0.05, 0.1) is 6.61 Å². The van der Waals surface area contributed by atoms with Crippen LogP contribution in [0.1, 0.15) is 43.7 Å². The van der Waals surface area contributed by atoms with Crippen LogP contribution in [0, 0.1) is 0 Å². The highest BCUT2D eigenvalue weighted by Gasteiger charge is 2.18. The summed E-state index contributed by atoms with van der Waals surface area (Å²) in [5, 5.41) is 66.1. The highest BCUT2D eigenvalue weighted by Crippen LogP contribution is 2.34. The molecule has 0 saturated heterocycles. The minimum Gasteiger partial charge on any atom is -0.508 e. The summed E-state index contributed by atoms with van der Waals surface area (Å²) in [6, 6.07) is 21.1. The molecule has 0 bridgehead atoms. The van der Waals surface area contributed by atoms with Gasteiger partial charge in [-0.3, -0.25) is 0 Å². The van der Waals surface area contributed by atoms with Gasteiger partial charge >= 0.3 is 0 Å². The van der Waals surface area contributed by atoms with Crippen molar-refractivity contribution in [1.82, 2.24) is 0 Å². The lowest BCUT2D eigenvalue weighted by Crippen LogP contribution is -2.12. The number of phenolic OH excluding ortho intramolecular Hbond substituents is 7. The lowest BCUT2D eigenvalue weighted by Gasteiger charge is -2.20. The van der Waals surface area contributed by atoms with Crippen molar-refractivity contribution in [2.24, 2.45) is 0 Å². The average Bonchev–Trinajstić information content (AvgIpc) is 2.86.